The van der Waals surface area contributed by atoms with E-state index in [0.29, 0.717) is 43.1 Å². The van der Waals surface area contributed by atoms with Crippen LogP contribution in [0.2, 0.25) is 0 Å². The number of nitrogens with one attached hydrogen (secondary N) is 2. The summed E-state index contributed by atoms with van der Waals surface area (Å²) >= 11 is 0. The fraction of sp³-hybridized carbons (Fsp3) is 0.333. The van der Waals surface area contributed by atoms with Gasteiger partial charge in [-0.1, -0.05) is 0 Å². The van der Waals surface area contributed by atoms with Gasteiger partial charge >= 0.3 is 0 Å². The van der Waals surface area contributed by atoms with Crippen LogP contribution < -0.4 is 10.6 Å². The minimum absolute atomic E-state index is 0.0390. The van der Waals surface area contributed by atoms with Gasteiger partial charge in [0.15, 0.2) is 5.65 Å². The molecule has 0 aliphatic rings. The van der Waals surface area contributed by atoms with Crippen LogP contribution >= 0.6 is 0 Å². The van der Waals surface area contributed by atoms with Crippen LogP contribution in [0.3, 0.4) is 0 Å². The summed E-state index contributed by atoms with van der Waals surface area (Å²) < 4.78 is 1.66. The van der Waals surface area contributed by atoms with Crippen LogP contribution in [0.4, 0.5) is 5.95 Å². The highest BCUT2D eigenvalue weighted by Gasteiger charge is 2.14. The summed E-state index contributed by atoms with van der Waals surface area (Å²) in [5.74, 6) is 0.496. The van der Waals surface area contributed by atoms with Crippen LogP contribution in [0.15, 0.2) is 24.7 Å². The van der Waals surface area contributed by atoms with Gasteiger partial charge in [-0.05, 0) is 31.9 Å². The quantitative estimate of drug-likeness (QED) is 0.604. The zero-order valence-corrected chi connectivity index (χ0v) is 15.2. The molecule has 0 aliphatic heterocycles. The predicted molar refractivity (Wildman–Crippen MR) is 99.0 cm³/mol. The molecule has 0 atom stereocenters. The van der Waals surface area contributed by atoms with Gasteiger partial charge in [0.1, 0.15) is 11.6 Å². The molecule has 0 fully saturated rings. The third-order valence-electron chi connectivity index (χ3n) is 4.23. The van der Waals surface area contributed by atoms with E-state index in [0.717, 1.165) is 17.0 Å². The molecule has 27 heavy (non-hydrogen) atoms. The number of rotatable bonds is 7. The Morgan fingerprint density at radius 1 is 1.26 bits per heavy atom. The van der Waals surface area contributed by atoms with Crippen molar-refractivity contribution in [2.75, 3.05) is 18.4 Å². The molecule has 3 aromatic heterocycles. The smallest absolute Gasteiger partial charge is 0.222 e. The third kappa shape index (κ3) is 4.17. The average Bonchev–Trinajstić information content (AvgIpc) is 3.09. The Labute approximate surface area is 156 Å². The van der Waals surface area contributed by atoms with Crippen molar-refractivity contribution in [2.45, 2.75) is 26.7 Å². The summed E-state index contributed by atoms with van der Waals surface area (Å²) in [7, 11) is 0. The molecule has 0 saturated carbocycles. The van der Waals surface area contributed by atoms with Gasteiger partial charge < -0.3 is 10.6 Å². The van der Waals surface area contributed by atoms with E-state index in [1.165, 1.54) is 6.20 Å². The summed E-state index contributed by atoms with van der Waals surface area (Å²) in [4.78, 5) is 24.7. The van der Waals surface area contributed by atoms with E-state index < -0.39 is 0 Å². The molecule has 0 aliphatic carbocycles. The van der Waals surface area contributed by atoms with Crippen molar-refractivity contribution in [1.82, 2.24) is 29.9 Å². The van der Waals surface area contributed by atoms with E-state index in [9.17, 15) is 4.79 Å². The van der Waals surface area contributed by atoms with E-state index >= 15 is 0 Å². The van der Waals surface area contributed by atoms with Gasteiger partial charge in [-0.2, -0.15) is 10.4 Å². The van der Waals surface area contributed by atoms with Crippen molar-refractivity contribution in [1.29, 1.82) is 5.26 Å². The van der Waals surface area contributed by atoms with E-state index in [1.54, 1.807) is 23.0 Å². The number of carbonyl (C=O) groups is 1. The molecule has 1 amide bonds. The molecule has 3 aromatic rings. The third-order valence-corrected chi connectivity index (χ3v) is 4.23. The normalized spacial score (nSPS) is 10.6. The molecule has 9 heteroatoms. The number of aromatic nitrogens is 5. The second-order valence-corrected chi connectivity index (χ2v) is 6.02. The summed E-state index contributed by atoms with van der Waals surface area (Å²) in [6, 6.07) is 3.83. The molecule has 0 spiro atoms. The lowest BCUT2D eigenvalue weighted by Gasteiger charge is -2.11. The minimum Gasteiger partial charge on any atom is -0.354 e. The minimum atomic E-state index is -0.0390. The molecule has 0 aromatic carbocycles. The Bertz CT molecular complexity index is 990. The van der Waals surface area contributed by atoms with Gasteiger partial charge in [-0.15, -0.1) is 0 Å². The first-order chi connectivity index (χ1) is 13.1. The number of anilines is 1. The highest BCUT2D eigenvalue weighted by Crippen LogP contribution is 2.18. The molecule has 3 rings (SSSR count). The monoisotopic (exact) mass is 364 g/mol. The number of hydrogen-bond acceptors (Lipinski definition) is 7. The topological polar surface area (TPSA) is 121 Å². The predicted octanol–water partition coefficient (Wildman–Crippen LogP) is 1.17. The first-order valence-corrected chi connectivity index (χ1v) is 8.61. The maximum atomic E-state index is 12.1. The lowest BCUT2D eigenvalue weighted by molar-refractivity contribution is -0.120. The summed E-state index contributed by atoms with van der Waals surface area (Å²) in [5, 5.41) is 19.2. The summed E-state index contributed by atoms with van der Waals surface area (Å²) in [5.41, 5.74) is 3.68. The fourth-order valence-electron chi connectivity index (χ4n) is 2.85. The van der Waals surface area contributed by atoms with Crippen molar-refractivity contribution in [3.63, 3.8) is 0 Å². The molecular formula is C18H20N8O. The largest absolute Gasteiger partial charge is 0.354 e. The van der Waals surface area contributed by atoms with Crippen LogP contribution in [0, 0.1) is 25.2 Å². The van der Waals surface area contributed by atoms with E-state index in [2.05, 4.69) is 36.8 Å². The zero-order chi connectivity index (χ0) is 19.2. The number of nitrogens with zero attached hydrogens (tertiary/aromatic N) is 6. The lowest BCUT2D eigenvalue weighted by Crippen LogP contribution is -2.29. The van der Waals surface area contributed by atoms with Gasteiger partial charge in [-0.25, -0.2) is 19.5 Å². The van der Waals surface area contributed by atoms with E-state index in [4.69, 9.17) is 5.26 Å². The fourth-order valence-corrected chi connectivity index (χ4v) is 2.85. The maximum Gasteiger partial charge on any atom is 0.222 e. The number of nitriles is 1. The molecule has 0 unspecified atom stereocenters. The first kappa shape index (κ1) is 18.3. The Morgan fingerprint density at radius 3 is 2.78 bits per heavy atom. The molecule has 3 heterocycles. The molecule has 9 nitrogen and oxygen atoms in total. The Morgan fingerprint density at radius 2 is 2.04 bits per heavy atom. The summed E-state index contributed by atoms with van der Waals surface area (Å²) in [6.45, 7) is 4.84. The van der Waals surface area contributed by atoms with Gasteiger partial charge in [0.25, 0.3) is 0 Å². The SMILES string of the molecule is Cc1nc2c(C#N)cnn2c(C)c1CCC(=O)NCCNc1ncccn1. The lowest BCUT2D eigenvalue weighted by atomic mass is 10.1. The van der Waals surface area contributed by atoms with Gasteiger partial charge in [-0.3, -0.25) is 4.79 Å². The number of carbonyl (C=O) groups excluding carboxylic acids is 1. The van der Waals surface area contributed by atoms with Crippen LogP contribution in [0.5, 0.6) is 0 Å². The number of amides is 1. The van der Waals surface area contributed by atoms with Crippen molar-refractivity contribution in [2.24, 2.45) is 0 Å². The van der Waals surface area contributed by atoms with Crippen LogP contribution in [-0.4, -0.2) is 43.6 Å². The van der Waals surface area contributed by atoms with Crippen molar-refractivity contribution in [3.05, 3.63) is 47.2 Å². The Balaban J connectivity index is 1.53. The second-order valence-electron chi connectivity index (χ2n) is 6.02. The average molecular weight is 364 g/mol. The molecule has 0 radical (unpaired) electrons. The molecule has 0 bridgehead atoms. The van der Waals surface area contributed by atoms with E-state index in [1.807, 2.05) is 13.8 Å². The first-order valence-electron chi connectivity index (χ1n) is 8.61. The second kappa shape index (κ2) is 8.23. The van der Waals surface area contributed by atoms with Crippen LogP contribution in [0.25, 0.3) is 5.65 Å². The van der Waals surface area contributed by atoms with Gasteiger partial charge in [0.05, 0.1) is 6.20 Å². The molecular weight excluding hydrogens is 344 g/mol. The highest BCUT2D eigenvalue weighted by molar-refractivity contribution is 5.76. The number of hydrogen-bond donors (Lipinski definition) is 2. The molecule has 0 saturated heterocycles. The van der Waals surface area contributed by atoms with Gasteiger partial charge in [0.2, 0.25) is 11.9 Å². The Kier molecular flexibility index (Phi) is 5.56. The highest BCUT2D eigenvalue weighted by atomic mass is 16.1. The van der Waals surface area contributed by atoms with E-state index in [-0.39, 0.29) is 5.91 Å². The maximum absolute atomic E-state index is 12.1. The van der Waals surface area contributed by atoms with Gasteiger partial charge in [0, 0.05) is 43.3 Å². The number of fused-ring (bicyclic) bond motifs is 1. The van der Waals surface area contributed by atoms with Crippen molar-refractivity contribution < 1.29 is 4.79 Å². The van der Waals surface area contributed by atoms with Crippen molar-refractivity contribution >= 4 is 17.5 Å². The van der Waals surface area contributed by atoms with Crippen LogP contribution in [-0.2, 0) is 11.2 Å². The van der Waals surface area contributed by atoms with Crippen molar-refractivity contribution in [3.8, 4) is 6.07 Å². The standard InChI is InChI=1S/C18H20N8O/c1-12-15(13(2)26-17(25-12)14(10-19)11-24-26)4-5-16(27)20-8-9-23-18-21-6-3-7-22-18/h3,6-7,11H,4-5,8-9H2,1-2H3,(H,20,27)(H,21,22,23). The Hall–Kier alpha value is -3.54. The molecule has 2 N–H and O–H groups in total. The summed E-state index contributed by atoms with van der Waals surface area (Å²) in [6.07, 6.45) is 5.73. The van der Waals surface area contributed by atoms with Crippen LogP contribution in [0.1, 0.15) is 28.9 Å². The number of aryl methyl sites for hydroxylation is 2. The molecule has 138 valence electrons. The zero-order valence-electron chi connectivity index (χ0n) is 15.2.